The Morgan fingerprint density at radius 3 is 2.30 bits per heavy atom. The highest BCUT2D eigenvalue weighted by Crippen LogP contribution is 2.38. The average molecular weight is 537 g/mol. The highest BCUT2D eigenvalue weighted by atomic mass is 32.2. The van der Waals surface area contributed by atoms with Crippen LogP contribution in [-0.4, -0.2) is 56.1 Å². The monoisotopic (exact) mass is 536 g/mol. The van der Waals surface area contributed by atoms with Crippen molar-refractivity contribution in [1.82, 2.24) is 10.2 Å². The van der Waals surface area contributed by atoms with Crippen molar-refractivity contribution in [1.29, 1.82) is 0 Å². The number of amides is 2. The van der Waals surface area contributed by atoms with Gasteiger partial charge >= 0.3 is 5.97 Å². The highest BCUT2D eigenvalue weighted by Gasteiger charge is 2.61. The van der Waals surface area contributed by atoms with Gasteiger partial charge < -0.3 is 19.7 Å². The normalized spacial score (nSPS) is 20.9. The second-order valence-corrected chi connectivity index (χ2v) is 11.2. The number of carbonyl (C=O) groups excluding carboxylic acids is 3. The van der Waals surface area contributed by atoms with Gasteiger partial charge in [0.05, 0.1) is 13.0 Å². The maximum atomic E-state index is 13.5. The summed E-state index contributed by atoms with van der Waals surface area (Å²) in [5.74, 6) is -1.84. The van der Waals surface area contributed by atoms with Gasteiger partial charge in [0.1, 0.15) is 11.4 Å². The fourth-order valence-electron chi connectivity index (χ4n) is 4.51. The van der Waals surface area contributed by atoms with Gasteiger partial charge in [-0.15, -0.1) is 11.3 Å². The maximum Gasteiger partial charge on any atom is 0.356 e. The van der Waals surface area contributed by atoms with Crippen molar-refractivity contribution in [2.45, 2.75) is 23.9 Å². The van der Waals surface area contributed by atoms with Gasteiger partial charge in [0, 0.05) is 10.5 Å². The fraction of sp³-hybridized carbons (Fsp3) is 0.222. The summed E-state index contributed by atoms with van der Waals surface area (Å²) < 4.78 is 18.9. The zero-order valence-electron chi connectivity index (χ0n) is 19.6. The number of β-lactam (4-membered cyclic amide) rings is 1. The summed E-state index contributed by atoms with van der Waals surface area (Å²) in [7, 11) is 0. The summed E-state index contributed by atoms with van der Waals surface area (Å²) in [5, 5.41) is 13.6. The van der Waals surface area contributed by atoms with Crippen LogP contribution in [0, 0.1) is 0 Å². The lowest BCUT2D eigenvalue weighted by molar-refractivity contribution is -0.155. The molecule has 1 saturated heterocycles. The van der Waals surface area contributed by atoms with Crippen molar-refractivity contribution in [3.05, 3.63) is 105 Å². The van der Waals surface area contributed by atoms with E-state index >= 15 is 0 Å². The lowest BCUT2D eigenvalue weighted by Gasteiger charge is -2.49. The molecule has 5 rings (SSSR count). The van der Waals surface area contributed by atoms with Crippen LogP contribution in [0.1, 0.15) is 22.1 Å². The number of benzene rings is 2. The van der Waals surface area contributed by atoms with Gasteiger partial charge in [0.2, 0.25) is 11.3 Å². The number of aliphatic hydroxyl groups is 1. The van der Waals surface area contributed by atoms with E-state index in [4.69, 9.17) is 4.74 Å². The molecule has 2 aliphatic heterocycles. The van der Waals surface area contributed by atoms with Gasteiger partial charge in [-0.1, -0.05) is 66.7 Å². The van der Waals surface area contributed by atoms with Crippen LogP contribution < -0.4 is 5.32 Å². The van der Waals surface area contributed by atoms with Gasteiger partial charge in [-0.25, -0.2) is 4.79 Å². The first-order chi connectivity index (χ1) is 18.0. The number of esters is 1. The number of thiophene rings is 1. The van der Waals surface area contributed by atoms with Gasteiger partial charge in [-0.05, 0) is 33.7 Å². The van der Waals surface area contributed by atoms with E-state index < -0.39 is 47.2 Å². The lowest BCUT2D eigenvalue weighted by atomic mass is 10.0. The summed E-state index contributed by atoms with van der Waals surface area (Å²) in [6.07, 6.45) is -0.658. The number of aliphatic hydroxyl groups excluding tert-OH is 1. The molecule has 0 radical (unpaired) electrons. The molecule has 1 fully saturated rings. The van der Waals surface area contributed by atoms with Crippen molar-refractivity contribution in [3.63, 3.8) is 0 Å². The molecule has 3 aromatic rings. The van der Waals surface area contributed by atoms with E-state index in [2.05, 4.69) is 5.32 Å². The molecule has 8 nitrogen and oxygen atoms in total. The number of nitrogens with one attached hydrogen (secondary N) is 1. The van der Waals surface area contributed by atoms with E-state index in [9.17, 15) is 24.0 Å². The Labute approximate surface area is 220 Å². The third-order valence-electron chi connectivity index (χ3n) is 6.25. The summed E-state index contributed by atoms with van der Waals surface area (Å²) in [6, 6.07) is 21.0. The largest absolute Gasteiger partial charge is 0.614 e. The predicted octanol–water partition coefficient (Wildman–Crippen LogP) is 2.29. The van der Waals surface area contributed by atoms with Crippen LogP contribution in [0.15, 0.2) is 89.4 Å². The number of hydrogen-bond acceptors (Lipinski definition) is 7. The minimum atomic E-state index is -1.62. The van der Waals surface area contributed by atoms with E-state index in [1.54, 1.807) is 0 Å². The van der Waals surface area contributed by atoms with Crippen molar-refractivity contribution < 1.29 is 28.8 Å². The molecular formula is C27H24N2O6S2. The molecule has 0 spiro atoms. The molecule has 1 aromatic heterocycles. The van der Waals surface area contributed by atoms with E-state index in [-0.39, 0.29) is 29.4 Å². The minimum absolute atomic E-state index is 0.100. The first-order valence-electron chi connectivity index (χ1n) is 11.6. The Balaban J connectivity index is 1.39. The Morgan fingerprint density at radius 1 is 1.08 bits per heavy atom. The zero-order valence-corrected chi connectivity index (χ0v) is 21.2. The van der Waals surface area contributed by atoms with Crippen LogP contribution in [0.3, 0.4) is 0 Å². The number of carbonyl (C=O) groups is 3. The third kappa shape index (κ3) is 5.05. The van der Waals surface area contributed by atoms with Crippen LogP contribution in [0.5, 0.6) is 0 Å². The Morgan fingerprint density at radius 2 is 1.73 bits per heavy atom. The lowest BCUT2D eigenvalue weighted by Crippen LogP contribution is -2.75. The maximum absolute atomic E-state index is 13.5. The molecule has 0 bridgehead atoms. The smallest absolute Gasteiger partial charge is 0.356 e. The first-order valence-corrected chi connectivity index (χ1v) is 13.9. The summed E-state index contributed by atoms with van der Waals surface area (Å²) in [4.78, 5) is 41.1. The number of rotatable bonds is 8. The van der Waals surface area contributed by atoms with Gasteiger partial charge in [0.25, 0.3) is 5.91 Å². The van der Waals surface area contributed by atoms with Crippen LogP contribution in [0.4, 0.5) is 0 Å². The van der Waals surface area contributed by atoms with E-state index in [0.717, 1.165) is 20.9 Å². The molecule has 10 heteroatoms. The van der Waals surface area contributed by atoms with Gasteiger partial charge in [-0.2, -0.15) is 0 Å². The second-order valence-electron chi connectivity index (χ2n) is 8.64. The Bertz CT molecular complexity index is 1270. The van der Waals surface area contributed by atoms with Crippen molar-refractivity contribution >= 4 is 40.3 Å². The van der Waals surface area contributed by atoms with E-state index in [1.165, 1.54) is 11.3 Å². The number of fused-ring (bicyclic) bond motifs is 1. The summed E-state index contributed by atoms with van der Waals surface area (Å²) in [5.41, 5.74) is 1.52. The molecule has 2 unspecified atom stereocenters. The number of nitrogens with zero attached hydrogens (tertiary/aromatic N) is 1. The number of ether oxygens (including phenoxy) is 1. The molecule has 3 atom stereocenters. The second kappa shape index (κ2) is 10.9. The standard InChI is InChI=1S/C27H24N2O6S2/c30-15-19-16-37(34)26-22(28-21(31)14-20-12-7-13-36-20)25(32)29(26)23(19)27(33)35-24(17-8-3-1-4-9-17)18-10-5-2-6-11-18/h1-13,22,24,26,30H,14-16H2,(H,28,31)/t22?,26-,37?/m1/s1. The first kappa shape index (κ1) is 25.2. The third-order valence-corrected chi connectivity index (χ3v) is 8.78. The molecule has 3 heterocycles. The van der Waals surface area contributed by atoms with E-state index in [1.807, 2.05) is 78.2 Å². The average Bonchev–Trinajstić information content (AvgIpc) is 3.43. The molecule has 2 N–H and O–H groups in total. The minimum Gasteiger partial charge on any atom is -0.614 e. The van der Waals surface area contributed by atoms with Crippen LogP contribution in [0.25, 0.3) is 0 Å². The molecule has 0 aliphatic carbocycles. The summed E-state index contributed by atoms with van der Waals surface area (Å²) in [6.45, 7) is -0.552. The van der Waals surface area contributed by atoms with Gasteiger partial charge in [0.15, 0.2) is 12.1 Å². The molecule has 0 saturated carbocycles. The summed E-state index contributed by atoms with van der Waals surface area (Å²) >= 11 is -0.194. The molecule has 2 aliphatic rings. The molecular weight excluding hydrogens is 512 g/mol. The zero-order chi connectivity index (χ0) is 25.9. The van der Waals surface area contributed by atoms with E-state index in [0.29, 0.717) is 0 Å². The molecule has 2 aromatic carbocycles. The SMILES string of the molecule is O=C(Cc1cccs1)NC1C(=O)N2C(C(=O)OC(c3ccccc3)c3ccccc3)=C(CO)C[S+]([O-])[C@H]12. The highest BCUT2D eigenvalue weighted by molar-refractivity contribution is 7.92. The van der Waals surface area contributed by atoms with Crippen molar-refractivity contribution in [2.24, 2.45) is 0 Å². The van der Waals surface area contributed by atoms with Crippen LogP contribution in [-0.2, 0) is 36.7 Å². The van der Waals surface area contributed by atoms with Crippen LogP contribution in [0.2, 0.25) is 0 Å². The predicted molar refractivity (Wildman–Crippen MR) is 139 cm³/mol. The van der Waals surface area contributed by atoms with Crippen LogP contribution >= 0.6 is 11.3 Å². The quantitative estimate of drug-likeness (QED) is 0.259. The van der Waals surface area contributed by atoms with Crippen molar-refractivity contribution in [2.75, 3.05) is 12.4 Å². The molecule has 190 valence electrons. The fourth-order valence-corrected chi connectivity index (χ4v) is 6.88. The molecule has 37 heavy (non-hydrogen) atoms. The Hall–Kier alpha value is -3.44. The van der Waals surface area contributed by atoms with Crippen molar-refractivity contribution in [3.8, 4) is 0 Å². The number of hydrogen-bond donors (Lipinski definition) is 2. The van der Waals surface area contributed by atoms with Gasteiger partial charge in [-0.3, -0.25) is 14.5 Å². The Kier molecular flexibility index (Phi) is 7.43. The molecule has 2 amide bonds. The topological polar surface area (TPSA) is 119 Å².